The van der Waals surface area contributed by atoms with Crippen LogP contribution in [0.3, 0.4) is 0 Å². The lowest BCUT2D eigenvalue weighted by Gasteiger charge is -2.18. The maximum atomic E-state index is 4.46. The fourth-order valence-electron chi connectivity index (χ4n) is 2.88. The summed E-state index contributed by atoms with van der Waals surface area (Å²) in [5, 5.41) is 0. The lowest BCUT2D eigenvalue weighted by molar-refractivity contribution is 0.356. The van der Waals surface area contributed by atoms with Gasteiger partial charge in [0.15, 0.2) is 0 Å². The summed E-state index contributed by atoms with van der Waals surface area (Å²) in [6.07, 6.45) is 1.44. The molecule has 3 aliphatic rings. The molecule has 3 fully saturated rings. The van der Waals surface area contributed by atoms with Crippen molar-refractivity contribution in [3.63, 3.8) is 0 Å². The first kappa shape index (κ1) is 5.90. The molecule has 0 amide bonds. The number of hydrogen-bond donors (Lipinski definition) is 1. The molecule has 0 radical (unpaired) electrons. The van der Waals surface area contributed by atoms with Gasteiger partial charge < -0.3 is 0 Å². The first-order chi connectivity index (χ1) is 4.79. The molecule has 2 aliphatic carbocycles. The molecule has 2 heteroatoms. The summed E-state index contributed by atoms with van der Waals surface area (Å²) in [5.41, 5.74) is 0. The predicted octanol–water partition coefficient (Wildman–Crippen LogP) is 1.42. The topological polar surface area (TPSA) is 3.24 Å². The predicted molar refractivity (Wildman–Crippen MR) is 43.7 cm³/mol. The van der Waals surface area contributed by atoms with E-state index in [9.17, 15) is 0 Å². The molecule has 3 rings (SSSR count). The Kier molecular flexibility index (Phi) is 0.919. The van der Waals surface area contributed by atoms with E-state index in [4.69, 9.17) is 0 Å². The van der Waals surface area contributed by atoms with Crippen LogP contribution in [-0.2, 0) is 0 Å². The average Bonchev–Trinajstić information content (AvgIpc) is 2.69. The molecule has 5 unspecified atom stereocenters. The molecular formula is C8H13NS. The van der Waals surface area contributed by atoms with E-state index in [0.29, 0.717) is 0 Å². The molecule has 1 aliphatic heterocycles. The van der Waals surface area contributed by atoms with Crippen LogP contribution in [0.2, 0.25) is 0 Å². The molecule has 1 heterocycles. The Balaban J connectivity index is 1.85. The van der Waals surface area contributed by atoms with Gasteiger partial charge in [-0.1, -0.05) is 19.7 Å². The summed E-state index contributed by atoms with van der Waals surface area (Å²) in [4.78, 5) is 0. The molecular weight excluding hydrogens is 142 g/mol. The van der Waals surface area contributed by atoms with Crippen molar-refractivity contribution in [2.75, 3.05) is 6.54 Å². The number of piperidine rings is 1. The Bertz CT molecular complexity index is 180. The van der Waals surface area contributed by atoms with Gasteiger partial charge in [0.2, 0.25) is 0 Å². The minimum atomic E-state index is 0.870. The zero-order valence-electron chi connectivity index (χ0n) is 6.20. The first-order valence-corrected chi connectivity index (χ1v) is 4.64. The van der Waals surface area contributed by atoms with Crippen LogP contribution in [0, 0.1) is 23.7 Å². The molecule has 0 N–H and O–H groups in total. The van der Waals surface area contributed by atoms with Crippen molar-refractivity contribution in [3.8, 4) is 0 Å². The van der Waals surface area contributed by atoms with Gasteiger partial charge in [0.25, 0.3) is 0 Å². The summed E-state index contributed by atoms with van der Waals surface area (Å²) in [6, 6.07) is 0.870. The zero-order chi connectivity index (χ0) is 6.88. The maximum absolute atomic E-state index is 4.46. The Hall–Kier alpha value is 0.310. The van der Waals surface area contributed by atoms with Gasteiger partial charge in [-0.3, -0.25) is 0 Å². The normalized spacial score (nSPS) is 64.8. The quantitative estimate of drug-likeness (QED) is 0.518. The van der Waals surface area contributed by atoms with Crippen molar-refractivity contribution in [1.29, 1.82) is 0 Å². The number of hydrogen-bond acceptors (Lipinski definition) is 2. The Morgan fingerprint density at radius 3 is 3.00 bits per heavy atom. The van der Waals surface area contributed by atoms with Crippen LogP contribution >= 0.6 is 12.8 Å². The van der Waals surface area contributed by atoms with Crippen LogP contribution < -0.4 is 0 Å². The van der Waals surface area contributed by atoms with Crippen LogP contribution in [0.1, 0.15) is 13.3 Å². The highest BCUT2D eigenvalue weighted by molar-refractivity contribution is 7.77. The van der Waals surface area contributed by atoms with Crippen LogP contribution in [0.5, 0.6) is 0 Å². The summed E-state index contributed by atoms with van der Waals surface area (Å²) >= 11 is 4.46. The monoisotopic (exact) mass is 155 g/mol. The number of fused-ring (bicyclic) bond motifs is 3. The van der Waals surface area contributed by atoms with Crippen molar-refractivity contribution in [2.45, 2.75) is 19.4 Å². The molecule has 0 spiro atoms. The summed E-state index contributed by atoms with van der Waals surface area (Å²) in [6.45, 7) is 3.66. The highest BCUT2D eigenvalue weighted by atomic mass is 32.1. The molecule has 0 aromatic heterocycles. The Morgan fingerprint density at radius 2 is 2.20 bits per heavy atom. The van der Waals surface area contributed by atoms with Crippen LogP contribution in [0.25, 0.3) is 0 Å². The smallest absolute Gasteiger partial charge is 0.0235 e. The molecule has 2 saturated carbocycles. The lowest BCUT2D eigenvalue weighted by atomic mass is 10.1. The van der Waals surface area contributed by atoms with Crippen molar-refractivity contribution in [3.05, 3.63) is 0 Å². The molecule has 56 valence electrons. The van der Waals surface area contributed by atoms with Gasteiger partial charge >= 0.3 is 0 Å². The summed E-state index contributed by atoms with van der Waals surface area (Å²) in [7, 11) is 0. The van der Waals surface area contributed by atoms with Crippen LogP contribution in [0.15, 0.2) is 0 Å². The third-order valence-electron chi connectivity index (χ3n) is 3.72. The van der Waals surface area contributed by atoms with E-state index in [1.165, 1.54) is 13.0 Å². The third-order valence-corrected chi connectivity index (χ3v) is 4.18. The Morgan fingerprint density at radius 1 is 1.40 bits per heavy atom. The van der Waals surface area contributed by atoms with Gasteiger partial charge in [-0.2, -0.15) is 0 Å². The summed E-state index contributed by atoms with van der Waals surface area (Å²) < 4.78 is 2.27. The van der Waals surface area contributed by atoms with Gasteiger partial charge in [0, 0.05) is 12.6 Å². The summed E-state index contributed by atoms with van der Waals surface area (Å²) in [5.74, 6) is 4.19. The van der Waals surface area contributed by atoms with E-state index < -0.39 is 0 Å². The lowest BCUT2D eigenvalue weighted by Crippen LogP contribution is -2.24. The van der Waals surface area contributed by atoms with Gasteiger partial charge in [-0.05, 0) is 30.1 Å². The van der Waals surface area contributed by atoms with Gasteiger partial charge in [-0.15, -0.1) is 0 Å². The fourth-order valence-corrected chi connectivity index (χ4v) is 3.34. The zero-order valence-corrected chi connectivity index (χ0v) is 7.09. The highest BCUT2D eigenvalue weighted by Crippen LogP contribution is 2.64. The molecule has 5 atom stereocenters. The molecule has 0 aromatic rings. The Labute approximate surface area is 67.3 Å². The van der Waals surface area contributed by atoms with Gasteiger partial charge in [0.05, 0.1) is 0 Å². The van der Waals surface area contributed by atoms with E-state index in [1.807, 2.05) is 0 Å². The van der Waals surface area contributed by atoms with Crippen molar-refractivity contribution >= 4 is 12.8 Å². The number of nitrogens with zero attached hydrogens (tertiary/aromatic N) is 1. The highest BCUT2D eigenvalue weighted by Gasteiger charge is 2.64. The molecule has 10 heavy (non-hydrogen) atoms. The molecule has 1 saturated heterocycles. The van der Waals surface area contributed by atoms with Crippen LogP contribution in [-0.4, -0.2) is 16.9 Å². The molecule has 1 nitrogen and oxygen atoms in total. The maximum Gasteiger partial charge on any atom is 0.0235 e. The van der Waals surface area contributed by atoms with E-state index in [0.717, 1.165) is 29.7 Å². The van der Waals surface area contributed by atoms with Crippen LogP contribution in [0.4, 0.5) is 0 Å². The van der Waals surface area contributed by atoms with Gasteiger partial charge in [0.1, 0.15) is 0 Å². The van der Waals surface area contributed by atoms with E-state index in [1.54, 1.807) is 0 Å². The van der Waals surface area contributed by atoms with Crippen molar-refractivity contribution < 1.29 is 0 Å². The van der Waals surface area contributed by atoms with E-state index >= 15 is 0 Å². The number of rotatable bonds is 0. The van der Waals surface area contributed by atoms with Gasteiger partial charge in [-0.25, -0.2) is 4.31 Å². The fraction of sp³-hybridized carbons (Fsp3) is 1.00. The molecule has 0 bridgehead atoms. The van der Waals surface area contributed by atoms with E-state index in [-0.39, 0.29) is 0 Å². The SMILES string of the molecule is CC1C2CN(S)C3CC3C12. The average molecular weight is 155 g/mol. The van der Waals surface area contributed by atoms with Crippen molar-refractivity contribution in [2.24, 2.45) is 23.7 Å². The molecule has 0 aromatic carbocycles. The number of thiol groups is 1. The third kappa shape index (κ3) is 0.554. The second-order valence-electron chi connectivity index (χ2n) is 4.19. The van der Waals surface area contributed by atoms with Crippen molar-refractivity contribution in [1.82, 2.24) is 4.31 Å². The first-order valence-electron chi connectivity index (χ1n) is 4.24. The standard InChI is InChI=1S/C8H13NS/c1-4-6-3-9(10)7-2-5(7)8(4)6/h4-8,10H,2-3H2,1H3. The largest absolute Gasteiger partial charge is 0.250 e. The second-order valence-corrected chi connectivity index (χ2v) is 4.70. The van der Waals surface area contributed by atoms with E-state index in [2.05, 4.69) is 24.0 Å². The second kappa shape index (κ2) is 1.56. The minimum Gasteiger partial charge on any atom is -0.250 e. The minimum absolute atomic E-state index is 0.870.